The standard InChI is InChI=1S/C19H28N4O/c1-3-10-23-16(2)18(12-21-23)14-22(15-19-5-4-11-24-19)13-17-6-8-20-9-7-17/h6-9,12,19H,3-5,10-11,13-15H2,1-2H3/t19-/m1/s1. The van der Waals surface area contributed by atoms with E-state index in [1.165, 1.54) is 29.7 Å². The van der Waals surface area contributed by atoms with Crippen LogP contribution in [0.5, 0.6) is 0 Å². The fourth-order valence-electron chi connectivity index (χ4n) is 3.33. The third-order valence-corrected chi connectivity index (χ3v) is 4.68. The van der Waals surface area contributed by atoms with Gasteiger partial charge >= 0.3 is 0 Å². The molecule has 24 heavy (non-hydrogen) atoms. The van der Waals surface area contributed by atoms with Gasteiger partial charge < -0.3 is 4.74 Å². The minimum atomic E-state index is 0.359. The molecule has 130 valence electrons. The topological polar surface area (TPSA) is 43.2 Å². The smallest absolute Gasteiger partial charge is 0.0703 e. The fourth-order valence-corrected chi connectivity index (χ4v) is 3.33. The van der Waals surface area contributed by atoms with Crippen molar-refractivity contribution in [2.75, 3.05) is 13.2 Å². The molecule has 2 aromatic heterocycles. The Morgan fingerprint density at radius 3 is 2.83 bits per heavy atom. The lowest BCUT2D eigenvalue weighted by Crippen LogP contribution is -2.31. The number of pyridine rings is 1. The minimum Gasteiger partial charge on any atom is -0.377 e. The first kappa shape index (κ1) is 17.1. The maximum atomic E-state index is 5.86. The summed E-state index contributed by atoms with van der Waals surface area (Å²) in [4.78, 5) is 6.60. The lowest BCUT2D eigenvalue weighted by molar-refractivity contribution is 0.0678. The SMILES string of the molecule is CCCn1ncc(CN(Cc2ccncc2)C[C@H]2CCCO2)c1C. The molecule has 2 aromatic rings. The van der Waals surface area contributed by atoms with Crippen molar-refractivity contribution < 1.29 is 4.74 Å². The van der Waals surface area contributed by atoms with Gasteiger partial charge in [0.1, 0.15) is 0 Å². The number of hydrogen-bond acceptors (Lipinski definition) is 4. The van der Waals surface area contributed by atoms with E-state index < -0.39 is 0 Å². The zero-order valence-corrected chi connectivity index (χ0v) is 14.8. The first-order valence-electron chi connectivity index (χ1n) is 9.00. The molecule has 5 nitrogen and oxygen atoms in total. The summed E-state index contributed by atoms with van der Waals surface area (Å²) in [6.07, 6.45) is 9.58. The van der Waals surface area contributed by atoms with E-state index in [4.69, 9.17) is 4.74 Å². The summed E-state index contributed by atoms with van der Waals surface area (Å²) in [6.45, 7) is 9.06. The van der Waals surface area contributed by atoms with Crippen LogP contribution in [-0.2, 0) is 24.4 Å². The quantitative estimate of drug-likeness (QED) is 0.746. The normalized spacial score (nSPS) is 17.7. The summed E-state index contributed by atoms with van der Waals surface area (Å²) >= 11 is 0. The predicted octanol–water partition coefficient (Wildman–Crippen LogP) is 3.18. The van der Waals surface area contributed by atoms with E-state index in [0.29, 0.717) is 6.10 Å². The number of aromatic nitrogens is 3. The molecule has 0 bridgehead atoms. The molecule has 1 fully saturated rings. The van der Waals surface area contributed by atoms with E-state index in [1.807, 2.05) is 18.6 Å². The lowest BCUT2D eigenvalue weighted by Gasteiger charge is -2.25. The van der Waals surface area contributed by atoms with Gasteiger partial charge in [-0.1, -0.05) is 6.92 Å². The van der Waals surface area contributed by atoms with Gasteiger partial charge in [-0.05, 0) is 43.9 Å². The van der Waals surface area contributed by atoms with Crippen LogP contribution in [0.15, 0.2) is 30.7 Å². The summed E-state index contributed by atoms with van der Waals surface area (Å²) in [5, 5.41) is 4.55. The van der Waals surface area contributed by atoms with Crippen molar-refractivity contribution in [2.24, 2.45) is 0 Å². The largest absolute Gasteiger partial charge is 0.377 e. The number of rotatable bonds is 8. The van der Waals surface area contributed by atoms with Gasteiger partial charge in [-0.25, -0.2) is 0 Å². The van der Waals surface area contributed by atoms with Crippen LogP contribution in [0.25, 0.3) is 0 Å². The third-order valence-electron chi connectivity index (χ3n) is 4.68. The molecule has 0 spiro atoms. The highest BCUT2D eigenvalue weighted by Crippen LogP contribution is 2.18. The third kappa shape index (κ3) is 4.42. The lowest BCUT2D eigenvalue weighted by atomic mass is 10.1. The molecule has 1 aliphatic rings. The molecule has 0 N–H and O–H groups in total. The van der Waals surface area contributed by atoms with E-state index in [1.54, 1.807) is 0 Å². The molecule has 0 amide bonds. The van der Waals surface area contributed by atoms with Crippen molar-refractivity contribution in [2.45, 2.75) is 58.8 Å². The molecule has 0 unspecified atom stereocenters. The Kier molecular flexibility index (Phi) is 5.99. The molecule has 0 aliphatic carbocycles. The number of nitrogens with zero attached hydrogens (tertiary/aromatic N) is 4. The molecular formula is C19H28N4O. The van der Waals surface area contributed by atoms with Gasteiger partial charge in [0.15, 0.2) is 0 Å². The van der Waals surface area contributed by atoms with Crippen LogP contribution in [0.3, 0.4) is 0 Å². The molecule has 0 saturated carbocycles. The zero-order chi connectivity index (χ0) is 16.8. The highest BCUT2D eigenvalue weighted by Gasteiger charge is 2.20. The van der Waals surface area contributed by atoms with E-state index >= 15 is 0 Å². The number of hydrogen-bond donors (Lipinski definition) is 0. The second kappa shape index (κ2) is 8.40. The van der Waals surface area contributed by atoms with E-state index in [2.05, 4.69) is 45.6 Å². The molecule has 0 aromatic carbocycles. The summed E-state index contributed by atoms with van der Waals surface area (Å²) in [5.74, 6) is 0. The summed E-state index contributed by atoms with van der Waals surface area (Å²) in [6, 6.07) is 4.19. The van der Waals surface area contributed by atoms with Gasteiger partial charge in [-0.3, -0.25) is 14.6 Å². The second-order valence-electron chi connectivity index (χ2n) is 6.64. The zero-order valence-electron chi connectivity index (χ0n) is 14.8. The molecule has 3 rings (SSSR count). The van der Waals surface area contributed by atoms with Crippen LogP contribution >= 0.6 is 0 Å². The van der Waals surface area contributed by atoms with Crippen LogP contribution < -0.4 is 0 Å². The monoisotopic (exact) mass is 328 g/mol. The highest BCUT2D eigenvalue weighted by molar-refractivity contribution is 5.17. The van der Waals surface area contributed by atoms with Crippen molar-refractivity contribution in [1.29, 1.82) is 0 Å². The Hall–Kier alpha value is -1.72. The Balaban J connectivity index is 1.71. The molecule has 1 atom stereocenters. The average Bonchev–Trinajstić information content (AvgIpc) is 3.21. The number of aryl methyl sites for hydroxylation is 1. The van der Waals surface area contributed by atoms with Gasteiger partial charge in [0.25, 0.3) is 0 Å². The first-order chi connectivity index (χ1) is 11.8. The Labute approximate surface area is 144 Å². The van der Waals surface area contributed by atoms with Crippen molar-refractivity contribution >= 4 is 0 Å². The van der Waals surface area contributed by atoms with Gasteiger partial charge in [-0.15, -0.1) is 0 Å². The van der Waals surface area contributed by atoms with Crippen LogP contribution in [-0.4, -0.2) is 38.9 Å². The Morgan fingerprint density at radius 2 is 2.12 bits per heavy atom. The van der Waals surface area contributed by atoms with Gasteiger partial charge in [-0.2, -0.15) is 5.10 Å². The summed E-state index contributed by atoms with van der Waals surface area (Å²) in [5.41, 5.74) is 3.89. The van der Waals surface area contributed by atoms with Crippen LogP contribution in [0.1, 0.15) is 43.0 Å². The molecular weight excluding hydrogens is 300 g/mol. The van der Waals surface area contributed by atoms with Crippen molar-refractivity contribution in [3.8, 4) is 0 Å². The number of ether oxygens (including phenoxy) is 1. The predicted molar refractivity (Wildman–Crippen MR) is 94.6 cm³/mol. The maximum absolute atomic E-state index is 5.86. The van der Waals surface area contributed by atoms with Crippen molar-refractivity contribution in [1.82, 2.24) is 19.7 Å². The molecule has 1 saturated heterocycles. The summed E-state index contributed by atoms with van der Waals surface area (Å²) < 4.78 is 7.98. The average molecular weight is 328 g/mol. The molecule has 5 heteroatoms. The van der Waals surface area contributed by atoms with E-state index in [-0.39, 0.29) is 0 Å². The summed E-state index contributed by atoms with van der Waals surface area (Å²) in [7, 11) is 0. The van der Waals surface area contributed by atoms with E-state index in [9.17, 15) is 0 Å². The Morgan fingerprint density at radius 1 is 1.29 bits per heavy atom. The molecule has 1 aliphatic heterocycles. The second-order valence-corrected chi connectivity index (χ2v) is 6.64. The highest BCUT2D eigenvalue weighted by atomic mass is 16.5. The van der Waals surface area contributed by atoms with Crippen LogP contribution in [0.2, 0.25) is 0 Å². The van der Waals surface area contributed by atoms with Gasteiger partial charge in [0.05, 0.1) is 12.3 Å². The van der Waals surface area contributed by atoms with Gasteiger partial charge in [0, 0.05) is 56.4 Å². The fraction of sp³-hybridized carbons (Fsp3) is 0.579. The maximum Gasteiger partial charge on any atom is 0.0703 e. The minimum absolute atomic E-state index is 0.359. The molecule has 3 heterocycles. The van der Waals surface area contributed by atoms with E-state index in [0.717, 1.165) is 39.2 Å². The molecule has 0 radical (unpaired) electrons. The van der Waals surface area contributed by atoms with Crippen LogP contribution in [0, 0.1) is 6.92 Å². The Bertz CT molecular complexity index is 620. The van der Waals surface area contributed by atoms with Gasteiger partial charge in [0.2, 0.25) is 0 Å². The van der Waals surface area contributed by atoms with Crippen LogP contribution in [0.4, 0.5) is 0 Å². The van der Waals surface area contributed by atoms with Crippen molar-refractivity contribution in [3.05, 3.63) is 47.5 Å². The van der Waals surface area contributed by atoms with Crippen molar-refractivity contribution in [3.63, 3.8) is 0 Å². The first-order valence-corrected chi connectivity index (χ1v) is 9.00.